The highest BCUT2D eigenvalue weighted by Gasteiger charge is 2.24. The molecule has 20 heavy (non-hydrogen) atoms. The summed E-state index contributed by atoms with van der Waals surface area (Å²) in [6.45, 7) is 4.94. The third-order valence-electron chi connectivity index (χ3n) is 3.47. The Labute approximate surface area is 116 Å². The number of hydrogen-bond acceptors (Lipinski definition) is 3. The number of carboxylic acids is 1. The van der Waals surface area contributed by atoms with Gasteiger partial charge in [-0.25, -0.2) is 9.59 Å². The fraction of sp³-hybridized carbons (Fsp3) is 0.538. The molecule has 2 unspecified atom stereocenters. The largest absolute Gasteiger partial charge is 0.477 e. The van der Waals surface area contributed by atoms with Crippen LogP contribution >= 0.6 is 0 Å². The molecule has 1 fully saturated rings. The molecule has 2 rings (SSSR count). The van der Waals surface area contributed by atoms with Gasteiger partial charge in [0, 0.05) is 24.8 Å². The van der Waals surface area contributed by atoms with E-state index < -0.39 is 12.0 Å². The maximum absolute atomic E-state index is 11.8. The lowest BCUT2D eigenvalue weighted by Gasteiger charge is -2.15. The summed E-state index contributed by atoms with van der Waals surface area (Å²) in [6.07, 6.45) is 1.06. The first-order chi connectivity index (χ1) is 9.47. The van der Waals surface area contributed by atoms with Crippen molar-refractivity contribution in [2.75, 3.05) is 18.5 Å². The number of aromatic carboxylic acids is 1. The minimum Gasteiger partial charge on any atom is -0.477 e. The van der Waals surface area contributed by atoms with E-state index in [0.717, 1.165) is 13.0 Å². The van der Waals surface area contributed by atoms with Crippen LogP contribution in [-0.4, -0.2) is 41.3 Å². The van der Waals surface area contributed by atoms with Gasteiger partial charge in [0.1, 0.15) is 5.69 Å². The van der Waals surface area contributed by atoms with Crippen LogP contribution in [0.4, 0.5) is 10.5 Å². The summed E-state index contributed by atoms with van der Waals surface area (Å²) < 4.78 is 5.42. The molecule has 1 aromatic heterocycles. The van der Waals surface area contributed by atoms with Gasteiger partial charge >= 0.3 is 12.0 Å². The maximum atomic E-state index is 11.8. The fourth-order valence-electron chi connectivity index (χ4n) is 2.29. The third kappa shape index (κ3) is 3.30. The number of aromatic nitrogens is 1. The summed E-state index contributed by atoms with van der Waals surface area (Å²) in [5.74, 6) is -0.807. The summed E-state index contributed by atoms with van der Waals surface area (Å²) in [5, 5.41) is 14.3. The van der Waals surface area contributed by atoms with Crippen LogP contribution in [0.15, 0.2) is 6.07 Å². The summed E-state index contributed by atoms with van der Waals surface area (Å²) >= 11 is 0. The Morgan fingerprint density at radius 2 is 2.30 bits per heavy atom. The van der Waals surface area contributed by atoms with Crippen LogP contribution in [0.2, 0.25) is 0 Å². The number of aryl methyl sites for hydroxylation is 1. The molecule has 2 heterocycles. The Kier molecular flexibility index (Phi) is 4.29. The molecule has 7 nitrogen and oxygen atoms in total. The lowest BCUT2D eigenvalue weighted by molar-refractivity contribution is 0.0692. The molecule has 0 saturated carbocycles. The number of carboxylic acid groups (broad SMARTS) is 1. The second kappa shape index (κ2) is 5.96. The van der Waals surface area contributed by atoms with Crippen molar-refractivity contribution in [3.8, 4) is 0 Å². The standard InChI is InChI=1S/C13H19N3O4/c1-7-5-10(11(15-7)12(17)18)16-13(19)14-6-9-3-4-20-8(9)2/h5,8-9,15H,3-4,6H2,1-2H3,(H,17,18)(H2,14,16,19). The summed E-state index contributed by atoms with van der Waals surface area (Å²) in [7, 11) is 0. The van der Waals surface area contributed by atoms with Gasteiger partial charge in [-0.2, -0.15) is 0 Å². The van der Waals surface area contributed by atoms with E-state index in [1.54, 1.807) is 13.0 Å². The number of nitrogens with one attached hydrogen (secondary N) is 3. The molecule has 7 heteroatoms. The number of ether oxygens (including phenoxy) is 1. The first-order valence-corrected chi connectivity index (χ1v) is 6.56. The van der Waals surface area contributed by atoms with Gasteiger partial charge in [-0.05, 0) is 26.3 Å². The highest BCUT2D eigenvalue weighted by atomic mass is 16.5. The van der Waals surface area contributed by atoms with Crippen molar-refractivity contribution < 1.29 is 19.4 Å². The summed E-state index contributed by atoms with van der Waals surface area (Å²) in [5.41, 5.74) is 0.925. The molecule has 0 spiro atoms. The molecule has 1 aliphatic rings. The van der Waals surface area contributed by atoms with E-state index in [0.29, 0.717) is 18.2 Å². The molecule has 2 amide bonds. The number of urea groups is 1. The third-order valence-corrected chi connectivity index (χ3v) is 3.47. The molecule has 1 aromatic rings. The number of carbonyl (C=O) groups is 2. The van der Waals surface area contributed by atoms with Crippen molar-refractivity contribution in [1.82, 2.24) is 10.3 Å². The molecular formula is C13H19N3O4. The Bertz CT molecular complexity index is 512. The molecule has 4 N–H and O–H groups in total. The number of hydrogen-bond donors (Lipinski definition) is 4. The van der Waals surface area contributed by atoms with Gasteiger partial charge in [-0.1, -0.05) is 0 Å². The molecule has 0 aromatic carbocycles. The zero-order chi connectivity index (χ0) is 14.7. The van der Waals surface area contributed by atoms with Gasteiger partial charge in [-0.15, -0.1) is 0 Å². The Hall–Kier alpha value is -2.02. The van der Waals surface area contributed by atoms with E-state index >= 15 is 0 Å². The predicted molar refractivity (Wildman–Crippen MR) is 73.0 cm³/mol. The van der Waals surface area contributed by atoms with Crippen LogP contribution in [-0.2, 0) is 4.74 Å². The Morgan fingerprint density at radius 1 is 1.55 bits per heavy atom. The monoisotopic (exact) mass is 281 g/mol. The molecule has 1 aliphatic heterocycles. The van der Waals surface area contributed by atoms with Crippen molar-refractivity contribution >= 4 is 17.7 Å². The van der Waals surface area contributed by atoms with E-state index in [4.69, 9.17) is 9.84 Å². The van der Waals surface area contributed by atoms with E-state index in [-0.39, 0.29) is 17.5 Å². The zero-order valence-electron chi connectivity index (χ0n) is 11.5. The van der Waals surface area contributed by atoms with Crippen LogP contribution in [0.25, 0.3) is 0 Å². The Morgan fingerprint density at radius 3 is 2.90 bits per heavy atom. The average molecular weight is 281 g/mol. The quantitative estimate of drug-likeness (QED) is 0.672. The van der Waals surface area contributed by atoms with E-state index in [2.05, 4.69) is 15.6 Å². The van der Waals surface area contributed by atoms with Crippen LogP contribution in [0.1, 0.15) is 29.5 Å². The number of rotatable bonds is 4. The van der Waals surface area contributed by atoms with E-state index in [9.17, 15) is 9.59 Å². The SMILES string of the molecule is Cc1cc(NC(=O)NCC2CCOC2C)c(C(=O)O)[nH]1. The molecular weight excluding hydrogens is 262 g/mol. The van der Waals surface area contributed by atoms with Gasteiger partial charge in [-0.3, -0.25) is 0 Å². The van der Waals surface area contributed by atoms with E-state index in [1.165, 1.54) is 0 Å². The van der Waals surface area contributed by atoms with E-state index in [1.807, 2.05) is 6.92 Å². The highest BCUT2D eigenvalue weighted by Crippen LogP contribution is 2.20. The molecule has 0 aliphatic carbocycles. The normalized spacial score (nSPS) is 21.7. The number of carbonyl (C=O) groups excluding carboxylic acids is 1. The smallest absolute Gasteiger partial charge is 0.354 e. The van der Waals surface area contributed by atoms with Crippen molar-refractivity contribution in [1.29, 1.82) is 0 Å². The summed E-state index contributed by atoms with van der Waals surface area (Å²) in [6, 6.07) is 1.18. The Balaban J connectivity index is 1.89. The number of H-pyrrole nitrogens is 1. The number of anilines is 1. The molecule has 0 radical (unpaired) electrons. The lowest BCUT2D eigenvalue weighted by Crippen LogP contribution is -2.35. The second-order valence-electron chi connectivity index (χ2n) is 5.01. The van der Waals surface area contributed by atoms with Crippen LogP contribution in [0.3, 0.4) is 0 Å². The van der Waals surface area contributed by atoms with Crippen molar-refractivity contribution in [3.63, 3.8) is 0 Å². The van der Waals surface area contributed by atoms with Crippen LogP contribution in [0, 0.1) is 12.8 Å². The molecule has 1 saturated heterocycles. The molecule has 110 valence electrons. The minimum absolute atomic E-state index is 0.0183. The van der Waals surface area contributed by atoms with Gasteiger partial charge < -0.3 is 25.5 Å². The summed E-state index contributed by atoms with van der Waals surface area (Å²) in [4.78, 5) is 25.5. The number of aromatic amines is 1. The van der Waals surface area contributed by atoms with Gasteiger partial charge in [0.2, 0.25) is 0 Å². The fourth-order valence-corrected chi connectivity index (χ4v) is 2.29. The maximum Gasteiger partial charge on any atom is 0.354 e. The first-order valence-electron chi connectivity index (χ1n) is 6.56. The average Bonchev–Trinajstić information content (AvgIpc) is 2.93. The van der Waals surface area contributed by atoms with Gasteiger partial charge in [0.15, 0.2) is 0 Å². The minimum atomic E-state index is -1.11. The lowest BCUT2D eigenvalue weighted by atomic mass is 10.0. The van der Waals surface area contributed by atoms with Crippen molar-refractivity contribution in [2.24, 2.45) is 5.92 Å². The molecule has 2 atom stereocenters. The predicted octanol–water partition coefficient (Wildman–Crippen LogP) is 1.57. The highest BCUT2D eigenvalue weighted by molar-refractivity contribution is 5.99. The first kappa shape index (κ1) is 14.4. The number of amides is 2. The molecule has 0 bridgehead atoms. The van der Waals surface area contributed by atoms with Gasteiger partial charge in [0.05, 0.1) is 11.8 Å². The topological polar surface area (TPSA) is 103 Å². The van der Waals surface area contributed by atoms with Crippen molar-refractivity contribution in [3.05, 3.63) is 17.5 Å². The second-order valence-corrected chi connectivity index (χ2v) is 5.01. The van der Waals surface area contributed by atoms with Gasteiger partial charge in [0.25, 0.3) is 0 Å². The zero-order valence-corrected chi connectivity index (χ0v) is 11.5. The van der Waals surface area contributed by atoms with Crippen LogP contribution in [0.5, 0.6) is 0 Å². The van der Waals surface area contributed by atoms with Crippen LogP contribution < -0.4 is 10.6 Å². The van der Waals surface area contributed by atoms with Crippen molar-refractivity contribution in [2.45, 2.75) is 26.4 Å².